The Morgan fingerprint density at radius 2 is 1.86 bits per heavy atom. The van der Waals surface area contributed by atoms with Gasteiger partial charge in [-0.1, -0.05) is 12.1 Å². The first-order chi connectivity index (χ1) is 9.77. The largest absolute Gasteiger partial charge is 0.322 e. The van der Waals surface area contributed by atoms with Crippen molar-refractivity contribution >= 4 is 44.2 Å². The van der Waals surface area contributed by atoms with Crippen LogP contribution in [0, 0.1) is 9.39 Å². The maximum absolute atomic E-state index is 13.4. The van der Waals surface area contributed by atoms with Crippen molar-refractivity contribution < 1.29 is 17.6 Å². The summed E-state index contributed by atoms with van der Waals surface area (Å²) in [4.78, 5) is 11.7. The number of carbonyl (C=O) groups is 1. The maximum atomic E-state index is 13.4. The van der Waals surface area contributed by atoms with Crippen LogP contribution in [0.1, 0.15) is 10.4 Å². The van der Waals surface area contributed by atoms with Crippen LogP contribution in [0.25, 0.3) is 0 Å². The standard InChI is InChI=1S/C13H10FIN2O3S/c14-8-5-9(7-10(6-8)21(16,19)20)17-13(18)11-3-1-2-4-12(11)15/h1-7H,(H,17,18)(H2,16,19,20). The summed E-state index contributed by atoms with van der Waals surface area (Å²) >= 11 is 1.99. The topological polar surface area (TPSA) is 89.3 Å². The lowest BCUT2D eigenvalue weighted by atomic mass is 10.2. The number of rotatable bonds is 3. The van der Waals surface area contributed by atoms with Crippen LogP contribution in [-0.4, -0.2) is 14.3 Å². The van der Waals surface area contributed by atoms with E-state index in [2.05, 4.69) is 5.32 Å². The molecule has 8 heteroatoms. The first-order valence-electron chi connectivity index (χ1n) is 5.66. The van der Waals surface area contributed by atoms with Crippen molar-refractivity contribution in [1.29, 1.82) is 0 Å². The summed E-state index contributed by atoms with van der Waals surface area (Å²) in [5.74, 6) is -1.27. The van der Waals surface area contributed by atoms with Crippen molar-refractivity contribution in [2.45, 2.75) is 4.90 Å². The van der Waals surface area contributed by atoms with Crippen molar-refractivity contribution in [3.8, 4) is 0 Å². The normalized spacial score (nSPS) is 11.2. The van der Waals surface area contributed by atoms with Crippen LogP contribution in [0.3, 0.4) is 0 Å². The van der Waals surface area contributed by atoms with Gasteiger partial charge < -0.3 is 5.32 Å². The molecule has 0 saturated heterocycles. The van der Waals surface area contributed by atoms with Gasteiger partial charge in [0.1, 0.15) is 5.82 Å². The lowest BCUT2D eigenvalue weighted by Gasteiger charge is -2.08. The molecular weight excluding hydrogens is 410 g/mol. The molecule has 0 atom stereocenters. The number of nitrogens with one attached hydrogen (secondary N) is 1. The van der Waals surface area contributed by atoms with Crippen molar-refractivity contribution in [1.82, 2.24) is 0 Å². The Labute approximate surface area is 134 Å². The number of carbonyl (C=O) groups excluding carboxylic acids is 1. The number of anilines is 1. The van der Waals surface area contributed by atoms with Gasteiger partial charge in [0.2, 0.25) is 10.0 Å². The van der Waals surface area contributed by atoms with Crippen molar-refractivity contribution in [3.63, 3.8) is 0 Å². The van der Waals surface area contributed by atoms with Crippen molar-refractivity contribution in [2.75, 3.05) is 5.32 Å². The Morgan fingerprint density at radius 1 is 1.19 bits per heavy atom. The Bertz CT molecular complexity index is 809. The molecule has 0 aliphatic heterocycles. The first kappa shape index (κ1) is 15.9. The Balaban J connectivity index is 2.34. The van der Waals surface area contributed by atoms with Crippen LogP contribution in [0.5, 0.6) is 0 Å². The van der Waals surface area contributed by atoms with E-state index in [1.54, 1.807) is 24.3 Å². The second-order valence-corrected chi connectivity index (χ2v) is 6.88. The summed E-state index contributed by atoms with van der Waals surface area (Å²) < 4.78 is 36.6. The van der Waals surface area contributed by atoms with E-state index >= 15 is 0 Å². The SMILES string of the molecule is NS(=O)(=O)c1cc(F)cc(NC(=O)c2ccccc2I)c1. The predicted molar refractivity (Wildman–Crippen MR) is 84.9 cm³/mol. The minimum absolute atomic E-state index is 0.0173. The van der Waals surface area contributed by atoms with Gasteiger partial charge in [0.25, 0.3) is 5.91 Å². The molecule has 0 bridgehead atoms. The number of sulfonamides is 1. The fourth-order valence-electron chi connectivity index (χ4n) is 1.64. The monoisotopic (exact) mass is 420 g/mol. The third-order valence-corrected chi connectivity index (χ3v) is 4.41. The van der Waals surface area contributed by atoms with Crippen LogP contribution in [0.4, 0.5) is 10.1 Å². The molecule has 0 aliphatic carbocycles. The molecule has 2 aromatic carbocycles. The van der Waals surface area contributed by atoms with E-state index in [0.717, 1.165) is 21.8 Å². The number of benzene rings is 2. The molecule has 5 nitrogen and oxygen atoms in total. The Kier molecular flexibility index (Phi) is 4.59. The molecule has 2 aromatic rings. The minimum atomic E-state index is -4.05. The molecule has 1 amide bonds. The quantitative estimate of drug-likeness (QED) is 0.748. The molecule has 3 N–H and O–H groups in total. The van der Waals surface area contributed by atoms with Crippen LogP contribution in [-0.2, 0) is 10.0 Å². The number of primary sulfonamides is 1. The smallest absolute Gasteiger partial charge is 0.256 e. The second-order valence-electron chi connectivity index (χ2n) is 4.15. The van der Waals surface area contributed by atoms with Crippen molar-refractivity contribution in [2.24, 2.45) is 5.14 Å². The zero-order valence-corrected chi connectivity index (χ0v) is 13.5. The fraction of sp³-hybridized carbons (Fsp3) is 0. The second kappa shape index (κ2) is 6.08. The molecule has 110 valence electrons. The predicted octanol–water partition coefficient (Wildman–Crippen LogP) is 2.33. The van der Waals surface area contributed by atoms with E-state index in [-0.39, 0.29) is 5.69 Å². The fourth-order valence-corrected chi connectivity index (χ4v) is 2.84. The molecule has 0 radical (unpaired) electrons. The van der Waals surface area contributed by atoms with Crippen LogP contribution in [0.2, 0.25) is 0 Å². The van der Waals surface area contributed by atoms with Gasteiger partial charge in [-0.2, -0.15) is 0 Å². The van der Waals surface area contributed by atoms with Gasteiger partial charge in [-0.15, -0.1) is 0 Å². The highest BCUT2D eigenvalue weighted by atomic mass is 127. The van der Waals surface area contributed by atoms with Gasteiger partial charge in [-0.3, -0.25) is 4.79 Å². The molecule has 0 saturated carbocycles. The van der Waals surface area contributed by atoms with Gasteiger partial charge in [0.05, 0.1) is 10.5 Å². The zero-order valence-electron chi connectivity index (χ0n) is 10.5. The number of hydrogen-bond acceptors (Lipinski definition) is 3. The molecule has 2 rings (SSSR count). The van der Waals surface area contributed by atoms with Crippen LogP contribution in [0.15, 0.2) is 47.4 Å². The summed E-state index contributed by atoms with van der Waals surface area (Å²) in [6, 6.07) is 9.73. The van der Waals surface area contributed by atoms with Crippen molar-refractivity contribution in [3.05, 3.63) is 57.4 Å². The van der Waals surface area contributed by atoms with E-state index in [4.69, 9.17) is 5.14 Å². The number of halogens is 2. The van der Waals surface area contributed by atoms with Crippen LogP contribution < -0.4 is 10.5 Å². The third kappa shape index (κ3) is 3.99. The van der Waals surface area contributed by atoms with Gasteiger partial charge in [-0.05, 0) is 52.9 Å². The lowest BCUT2D eigenvalue weighted by molar-refractivity contribution is 0.102. The molecule has 0 unspecified atom stereocenters. The molecule has 0 spiro atoms. The lowest BCUT2D eigenvalue weighted by Crippen LogP contribution is -2.16. The average molecular weight is 420 g/mol. The highest BCUT2D eigenvalue weighted by Crippen LogP contribution is 2.19. The van der Waals surface area contributed by atoms with E-state index in [1.807, 2.05) is 22.6 Å². The summed E-state index contributed by atoms with van der Waals surface area (Å²) in [6.45, 7) is 0. The van der Waals surface area contributed by atoms with Gasteiger partial charge in [0.15, 0.2) is 0 Å². The molecule has 0 aromatic heterocycles. The maximum Gasteiger partial charge on any atom is 0.256 e. The van der Waals surface area contributed by atoms with E-state index < -0.39 is 26.6 Å². The van der Waals surface area contributed by atoms with Gasteiger partial charge in [-0.25, -0.2) is 17.9 Å². The summed E-state index contributed by atoms with van der Waals surface area (Å²) in [7, 11) is -4.05. The third-order valence-electron chi connectivity index (χ3n) is 2.58. The average Bonchev–Trinajstić information content (AvgIpc) is 2.37. The molecule has 0 aliphatic rings. The number of hydrogen-bond donors (Lipinski definition) is 2. The Hall–Kier alpha value is -1.52. The summed E-state index contributed by atoms with van der Waals surface area (Å²) in [6.07, 6.45) is 0. The summed E-state index contributed by atoms with van der Waals surface area (Å²) in [5.41, 5.74) is 0.420. The van der Waals surface area contributed by atoms with Gasteiger partial charge >= 0.3 is 0 Å². The number of amides is 1. The van der Waals surface area contributed by atoms with E-state index in [1.165, 1.54) is 0 Å². The van der Waals surface area contributed by atoms with E-state index in [0.29, 0.717) is 5.56 Å². The highest BCUT2D eigenvalue weighted by Gasteiger charge is 2.14. The zero-order chi connectivity index (χ0) is 15.6. The highest BCUT2D eigenvalue weighted by molar-refractivity contribution is 14.1. The van der Waals surface area contributed by atoms with Gasteiger partial charge in [0, 0.05) is 9.26 Å². The first-order valence-corrected chi connectivity index (χ1v) is 8.29. The van der Waals surface area contributed by atoms with E-state index in [9.17, 15) is 17.6 Å². The summed E-state index contributed by atoms with van der Waals surface area (Å²) in [5, 5.41) is 7.40. The molecule has 0 heterocycles. The number of nitrogens with two attached hydrogens (primary N) is 1. The van der Waals surface area contributed by atoms with Crippen LogP contribution >= 0.6 is 22.6 Å². The minimum Gasteiger partial charge on any atom is -0.322 e. The molecule has 21 heavy (non-hydrogen) atoms. The molecular formula is C13H10FIN2O3S. The molecule has 0 fully saturated rings. The Morgan fingerprint density at radius 3 is 2.48 bits per heavy atom.